The van der Waals surface area contributed by atoms with Gasteiger partial charge in [-0.15, -0.1) is 0 Å². The third-order valence-corrected chi connectivity index (χ3v) is 4.80. The fraction of sp³-hybridized carbons (Fsp3) is 0.381. The molecule has 0 saturated heterocycles. The number of amides is 2. The summed E-state index contributed by atoms with van der Waals surface area (Å²) in [6, 6.07) is 11.4. The summed E-state index contributed by atoms with van der Waals surface area (Å²) >= 11 is 0. The van der Waals surface area contributed by atoms with Crippen LogP contribution in [-0.2, 0) is 24.2 Å². The van der Waals surface area contributed by atoms with E-state index in [-0.39, 0.29) is 30.3 Å². The van der Waals surface area contributed by atoms with Crippen LogP contribution in [0.25, 0.3) is 11.4 Å². The fourth-order valence-corrected chi connectivity index (χ4v) is 3.43. The van der Waals surface area contributed by atoms with Gasteiger partial charge in [-0.05, 0) is 19.9 Å². The topological polar surface area (TPSA) is 115 Å². The van der Waals surface area contributed by atoms with Crippen LogP contribution >= 0.6 is 0 Å². The van der Waals surface area contributed by atoms with Gasteiger partial charge in [-0.1, -0.05) is 35.5 Å². The van der Waals surface area contributed by atoms with Crippen molar-refractivity contribution in [3.05, 3.63) is 53.7 Å². The number of hydrogen-bond donors (Lipinski definition) is 2. The van der Waals surface area contributed by atoms with Gasteiger partial charge in [-0.3, -0.25) is 14.3 Å². The Morgan fingerprint density at radius 2 is 2.07 bits per heavy atom. The largest absolute Gasteiger partial charge is 0.351 e. The Morgan fingerprint density at radius 3 is 2.80 bits per heavy atom. The molecule has 2 amide bonds. The average molecular weight is 408 g/mol. The summed E-state index contributed by atoms with van der Waals surface area (Å²) in [6.45, 7) is 4.36. The van der Waals surface area contributed by atoms with Crippen molar-refractivity contribution < 1.29 is 14.1 Å². The molecule has 3 aromatic rings. The van der Waals surface area contributed by atoms with Gasteiger partial charge in [0.2, 0.25) is 17.6 Å². The van der Waals surface area contributed by atoms with Gasteiger partial charge in [0.25, 0.3) is 5.91 Å². The normalized spacial score (nSPS) is 15.2. The number of carbonyl (C=O) groups excluding carboxylic acids is 2. The summed E-state index contributed by atoms with van der Waals surface area (Å²) in [5, 5.41) is 14.2. The van der Waals surface area contributed by atoms with Crippen molar-refractivity contribution in [2.75, 3.05) is 0 Å². The van der Waals surface area contributed by atoms with Crippen molar-refractivity contribution in [3.8, 4) is 11.4 Å². The molecule has 3 heterocycles. The first-order valence-corrected chi connectivity index (χ1v) is 10.0. The third kappa shape index (κ3) is 4.56. The molecule has 1 atom stereocenters. The fourth-order valence-electron chi connectivity index (χ4n) is 3.43. The summed E-state index contributed by atoms with van der Waals surface area (Å²) in [5.41, 5.74) is 2.23. The van der Waals surface area contributed by atoms with Crippen molar-refractivity contribution in [2.45, 2.75) is 51.7 Å². The van der Waals surface area contributed by atoms with E-state index in [1.165, 1.54) is 0 Å². The summed E-state index contributed by atoms with van der Waals surface area (Å²) in [6.07, 6.45) is 1.28. The minimum Gasteiger partial charge on any atom is -0.351 e. The molecule has 1 aliphatic heterocycles. The molecule has 0 aliphatic carbocycles. The SMILES string of the molecule is CC(C)NC(=O)c1cc2n(n1)C[C@@H](NC(=O)CCc1nc(-c3ccccc3)no1)C2. The zero-order valence-corrected chi connectivity index (χ0v) is 17.0. The highest BCUT2D eigenvalue weighted by Crippen LogP contribution is 2.17. The van der Waals surface area contributed by atoms with E-state index in [0.717, 1.165) is 11.3 Å². The van der Waals surface area contributed by atoms with Gasteiger partial charge in [-0.2, -0.15) is 10.1 Å². The van der Waals surface area contributed by atoms with Gasteiger partial charge in [0.15, 0.2) is 0 Å². The number of nitrogens with zero attached hydrogens (tertiary/aromatic N) is 4. The molecule has 2 aromatic heterocycles. The molecule has 4 rings (SSSR count). The first-order chi connectivity index (χ1) is 14.5. The Kier molecular flexibility index (Phi) is 5.60. The molecule has 1 aliphatic rings. The van der Waals surface area contributed by atoms with Crippen molar-refractivity contribution in [1.82, 2.24) is 30.6 Å². The monoisotopic (exact) mass is 408 g/mol. The van der Waals surface area contributed by atoms with Crippen LogP contribution in [0.5, 0.6) is 0 Å². The number of rotatable bonds is 7. The Hall–Kier alpha value is -3.49. The Morgan fingerprint density at radius 1 is 1.27 bits per heavy atom. The third-order valence-electron chi connectivity index (χ3n) is 4.80. The molecule has 0 bridgehead atoms. The molecule has 1 aromatic carbocycles. The predicted molar refractivity (Wildman–Crippen MR) is 109 cm³/mol. The van der Waals surface area contributed by atoms with E-state index in [9.17, 15) is 9.59 Å². The van der Waals surface area contributed by atoms with Crippen molar-refractivity contribution in [2.24, 2.45) is 0 Å². The number of nitrogens with one attached hydrogen (secondary N) is 2. The lowest BCUT2D eigenvalue weighted by Crippen LogP contribution is -2.36. The van der Waals surface area contributed by atoms with Crippen molar-refractivity contribution >= 4 is 11.8 Å². The molecule has 9 heteroatoms. The number of fused-ring (bicyclic) bond motifs is 1. The minimum absolute atomic E-state index is 0.0372. The first-order valence-electron chi connectivity index (χ1n) is 10.0. The van der Waals surface area contributed by atoms with E-state index in [0.29, 0.717) is 36.8 Å². The molecular formula is C21H24N6O3. The number of hydrogen-bond acceptors (Lipinski definition) is 6. The summed E-state index contributed by atoms with van der Waals surface area (Å²) in [4.78, 5) is 28.7. The number of carbonyl (C=O) groups is 2. The van der Waals surface area contributed by atoms with E-state index < -0.39 is 0 Å². The molecule has 0 radical (unpaired) electrons. The van der Waals surface area contributed by atoms with E-state index in [1.807, 2.05) is 44.2 Å². The van der Waals surface area contributed by atoms with Crippen molar-refractivity contribution in [3.63, 3.8) is 0 Å². The van der Waals surface area contributed by atoms with Crippen LogP contribution in [0.3, 0.4) is 0 Å². The van der Waals surface area contributed by atoms with E-state index in [2.05, 4.69) is 25.9 Å². The minimum atomic E-state index is -0.179. The lowest BCUT2D eigenvalue weighted by Gasteiger charge is -2.11. The maximum Gasteiger partial charge on any atom is 0.271 e. The van der Waals surface area contributed by atoms with E-state index >= 15 is 0 Å². The lowest BCUT2D eigenvalue weighted by molar-refractivity contribution is -0.121. The van der Waals surface area contributed by atoms with E-state index in [1.54, 1.807) is 10.7 Å². The number of aromatic nitrogens is 4. The number of benzene rings is 1. The van der Waals surface area contributed by atoms with Gasteiger partial charge < -0.3 is 15.2 Å². The quantitative estimate of drug-likeness (QED) is 0.615. The summed E-state index contributed by atoms with van der Waals surface area (Å²) in [5.74, 6) is 0.693. The summed E-state index contributed by atoms with van der Waals surface area (Å²) in [7, 11) is 0. The van der Waals surface area contributed by atoms with Crippen LogP contribution in [0.15, 0.2) is 40.9 Å². The highest BCUT2D eigenvalue weighted by molar-refractivity contribution is 5.92. The van der Waals surface area contributed by atoms with Gasteiger partial charge in [0.1, 0.15) is 5.69 Å². The van der Waals surface area contributed by atoms with Gasteiger partial charge in [0, 0.05) is 36.6 Å². The maximum absolute atomic E-state index is 12.3. The standard InChI is InChI=1S/C21H24N6O3/c1-13(2)22-21(29)17-11-16-10-15(12-27(16)25-17)23-18(28)8-9-19-24-20(26-30-19)14-6-4-3-5-7-14/h3-7,11,13,15H,8-10,12H2,1-2H3,(H,22,29)(H,23,28)/t15-/m0/s1. The average Bonchev–Trinajstić information content (AvgIpc) is 3.41. The zero-order valence-electron chi connectivity index (χ0n) is 17.0. The maximum atomic E-state index is 12.3. The van der Waals surface area contributed by atoms with Gasteiger partial charge in [0.05, 0.1) is 12.6 Å². The van der Waals surface area contributed by atoms with E-state index in [4.69, 9.17) is 4.52 Å². The smallest absolute Gasteiger partial charge is 0.271 e. The molecule has 0 spiro atoms. The molecule has 156 valence electrons. The molecule has 30 heavy (non-hydrogen) atoms. The molecule has 0 unspecified atom stereocenters. The van der Waals surface area contributed by atoms with Crippen LogP contribution < -0.4 is 10.6 Å². The molecule has 2 N–H and O–H groups in total. The first kappa shape index (κ1) is 19.8. The van der Waals surface area contributed by atoms with Crippen molar-refractivity contribution in [1.29, 1.82) is 0 Å². The Labute approximate surface area is 173 Å². The van der Waals surface area contributed by atoms with Gasteiger partial charge in [-0.25, -0.2) is 0 Å². The van der Waals surface area contributed by atoms with Gasteiger partial charge >= 0.3 is 0 Å². The van der Waals surface area contributed by atoms with Crippen LogP contribution in [0.1, 0.15) is 42.3 Å². The second kappa shape index (κ2) is 8.48. The second-order valence-electron chi connectivity index (χ2n) is 7.68. The van der Waals surface area contributed by atoms with Crippen LogP contribution in [0.2, 0.25) is 0 Å². The highest BCUT2D eigenvalue weighted by Gasteiger charge is 2.26. The second-order valence-corrected chi connectivity index (χ2v) is 7.68. The van der Waals surface area contributed by atoms with Crippen LogP contribution in [0, 0.1) is 0 Å². The summed E-state index contributed by atoms with van der Waals surface area (Å²) < 4.78 is 7.03. The highest BCUT2D eigenvalue weighted by atomic mass is 16.5. The zero-order chi connectivity index (χ0) is 21.1. The van der Waals surface area contributed by atoms with Crippen LogP contribution in [0.4, 0.5) is 0 Å². The van der Waals surface area contributed by atoms with Crippen LogP contribution in [-0.4, -0.2) is 43.8 Å². The Balaban J connectivity index is 1.25. The molecule has 0 fully saturated rings. The molecule has 0 saturated carbocycles. The molecule has 9 nitrogen and oxygen atoms in total. The molecular weight excluding hydrogens is 384 g/mol. The predicted octanol–water partition coefficient (Wildman–Crippen LogP) is 1.74. The Bertz CT molecular complexity index is 1020. The number of aryl methyl sites for hydroxylation is 1. The lowest BCUT2D eigenvalue weighted by atomic mass is 10.2.